The number of anilines is 1. The van der Waals surface area contributed by atoms with Crippen molar-refractivity contribution in [1.82, 2.24) is 9.21 Å². The quantitative estimate of drug-likeness (QED) is 0.393. The molecule has 0 saturated carbocycles. The molecule has 40 heavy (non-hydrogen) atoms. The van der Waals surface area contributed by atoms with E-state index in [1.165, 1.54) is 58.7 Å². The van der Waals surface area contributed by atoms with Crippen molar-refractivity contribution in [1.29, 1.82) is 0 Å². The number of amides is 1. The van der Waals surface area contributed by atoms with Crippen LogP contribution in [0.25, 0.3) is 0 Å². The Balaban J connectivity index is 1.68. The molecule has 1 amide bonds. The summed E-state index contributed by atoms with van der Waals surface area (Å²) in [6.07, 6.45) is -0.657. The molecule has 0 bridgehead atoms. The Morgan fingerprint density at radius 3 is 2.20 bits per heavy atom. The molecule has 1 aliphatic heterocycles. The third kappa shape index (κ3) is 6.30. The Hall–Kier alpha value is -3.45. The molecule has 0 fully saturated rings. The molecule has 10 nitrogen and oxygen atoms in total. The Kier molecular flexibility index (Phi) is 8.83. The van der Waals surface area contributed by atoms with Crippen LogP contribution in [0.5, 0.6) is 5.75 Å². The van der Waals surface area contributed by atoms with E-state index in [0.29, 0.717) is 0 Å². The molecule has 214 valence electrons. The summed E-state index contributed by atoms with van der Waals surface area (Å²) in [5.41, 5.74) is 0.254. The summed E-state index contributed by atoms with van der Waals surface area (Å²) < 4.78 is 62.1. The van der Waals surface area contributed by atoms with Gasteiger partial charge in [0, 0.05) is 25.2 Å². The van der Waals surface area contributed by atoms with Gasteiger partial charge in [-0.1, -0.05) is 43.3 Å². The zero-order chi connectivity index (χ0) is 29.1. The molecule has 3 atom stereocenters. The van der Waals surface area contributed by atoms with Gasteiger partial charge in [0.05, 0.1) is 34.5 Å². The summed E-state index contributed by atoms with van der Waals surface area (Å²) in [4.78, 5) is 15.4. The van der Waals surface area contributed by atoms with Crippen molar-refractivity contribution in [3.63, 3.8) is 0 Å². The molecular formula is C28H33N3O7S2. The molecule has 12 heteroatoms. The van der Waals surface area contributed by atoms with Crippen molar-refractivity contribution in [2.45, 2.75) is 35.8 Å². The maximum Gasteiger partial charge on any atom is 0.261 e. The molecule has 3 aromatic carbocycles. The average Bonchev–Trinajstić information content (AvgIpc) is 2.95. The number of carbonyl (C=O) groups is 1. The van der Waals surface area contributed by atoms with Gasteiger partial charge >= 0.3 is 0 Å². The molecule has 2 N–H and O–H groups in total. The zero-order valence-corrected chi connectivity index (χ0v) is 24.1. The Morgan fingerprint density at radius 1 is 1.00 bits per heavy atom. The molecule has 0 aliphatic carbocycles. The van der Waals surface area contributed by atoms with Gasteiger partial charge in [0.2, 0.25) is 10.0 Å². The minimum absolute atomic E-state index is 0.00421. The van der Waals surface area contributed by atoms with E-state index in [0.717, 1.165) is 0 Å². The van der Waals surface area contributed by atoms with Crippen LogP contribution in [0.1, 0.15) is 24.2 Å². The highest BCUT2D eigenvalue weighted by Crippen LogP contribution is 2.32. The number of nitrogens with one attached hydrogen (secondary N) is 1. The number of sulfonamides is 2. The summed E-state index contributed by atoms with van der Waals surface area (Å²) >= 11 is 0. The Labute approximate surface area is 235 Å². The van der Waals surface area contributed by atoms with Gasteiger partial charge in [0.25, 0.3) is 15.9 Å². The summed E-state index contributed by atoms with van der Waals surface area (Å²) in [5, 5.41) is 9.87. The second-order valence-corrected chi connectivity index (χ2v) is 13.6. The van der Waals surface area contributed by atoms with E-state index in [9.17, 15) is 26.7 Å². The van der Waals surface area contributed by atoms with Crippen molar-refractivity contribution >= 4 is 31.6 Å². The summed E-state index contributed by atoms with van der Waals surface area (Å²) in [7, 11) is -6.25. The van der Waals surface area contributed by atoms with E-state index < -0.39 is 38.1 Å². The number of aliphatic hydroxyl groups is 1. The van der Waals surface area contributed by atoms with Crippen molar-refractivity contribution in [3.05, 3.63) is 84.4 Å². The molecule has 0 unspecified atom stereocenters. The Morgan fingerprint density at radius 2 is 1.60 bits per heavy atom. The highest BCUT2D eigenvalue weighted by atomic mass is 32.2. The van der Waals surface area contributed by atoms with E-state index in [-0.39, 0.29) is 52.4 Å². The first kappa shape index (κ1) is 29.5. The standard InChI is InChI=1S/C28H33N3O7S2/c1-20-17-31(21(2)19-32)28(33)25-16-22(29-39(34,35)23-10-6-4-7-11-23)14-15-26(25)38-27(20)18-30(3)40(36,37)24-12-8-5-9-13-24/h4-16,20-21,27,29,32H,17-19H2,1-3H3/t20-,21+,27-/m0/s1. The monoisotopic (exact) mass is 587 g/mol. The molecule has 4 rings (SSSR count). The highest BCUT2D eigenvalue weighted by molar-refractivity contribution is 7.92. The van der Waals surface area contributed by atoms with E-state index in [2.05, 4.69) is 4.72 Å². The van der Waals surface area contributed by atoms with Gasteiger partial charge in [-0.15, -0.1) is 0 Å². The predicted octanol–water partition coefficient (Wildman–Crippen LogP) is 3.03. The van der Waals surface area contributed by atoms with Gasteiger partial charge < -0.3 is 14.7 Å². The van der Waals surface area contributed by atoms with Crippen LogP contribution in [0.2, 0.25) is 0 Å². The topological polar surface area (TPSA) is 133 Å². The third-order valence-corrected chi connectivity index (χ3v) is 10.1. The van der Waals surface area contributed by atoms with Crippen LogP contribution in [0.15, 0.2) is 88.7 Å². The predicted molar refractivity (Wildman–Crippen MR) is 151 cm³/mol. The molecule has 0 radical (unpaired) electrons. The molecule has 1 heterocycles. The highest BCUT2D eigenvalue weighted by Gasteiger charge is 2.35. The largest absolute Gasteiger partial charge is 0.488 e. The number of hydrogen-bond donors (Lipinski definition) is 2. The van der Waals surface area contributed by atoms with Crippen LogP contribution in [-0.4, -0.2) is 75.9 Å². The molecule has 0 spiro atoms. The smallest absolute Gasteiger partial charge is 0.261 e. The van der Waals surface area contributed by atoms with Gasteiger partial charge in [-0.2, -0.15) is 4.31 Å². The lowest BCUT2D eigenvalue weighted by Gasteiger charge is -2.38. The molecule has 0 aromatic heterocycles. The number of nitrogens with zero attached hydrogens (tertiary/aromatic N) is 2. The molecule has 1 aliphatic rings. The maximum atomic E-state index is 13.6. The van der Waals surface area contributed by atoms with Crippen molar-refractivity contribution in [3.8, 4) is 5.75 Å². The van der Waals surface area contributed by atoms with E-state index in [4.69, 9.17) is 4.74 Å². The van der Waals surface area contributed by atoms with Crippen molar-refractivity contribution < 1.29 is 31.5 Å². The fourth-order valence-corrected chi connectivity index (χ4v) is 6.72. The number of fused-ring (bicyclic) bond motifs is 1. The molecular weight excluding hydrogens is 554 g/mol. The van der Waals surface area contributed by atoms with Crippen LogP contribution in [0.4, 0.5) is 5.69 Å². The maximum absolute atomic E-state index is 13.6. The Bertz CT molecular complexity index is 1550. The van der Waals surface area contributed by atoms with Crippen LogP contribution in [0.3, 0.4) is 0 Å². The average molecular weight is 588 g/mol. The number of aliphatic hydroxyl groups excluding tert-OH is 1. The number of rotatable bonds is 9. The van der Waals surface area contributed by atoms with Crippen molar-refractivity contribution in [2.75, 3.05) is 31.5 Å². The lowest BCUT2D eigenvalue weighted by Crippen LogP contribution is -2.50. The lowest BCUT2D eigenvalue weighted by molar-refractivity contribution is 0.0387. The van der Waals surface area contributed by atoms with Crippen LogP contribution >= 0.6 is 0 Å². The second-order valence-electron chi connectivity index (χ2n) is 9.85. The first-order chi connectivity index (χ1) is 18.9. The fraction of sp³-hybridized carbons (Fsp3) is 0.321. The van der Waals surface area contributed by atoms with Gasteiger partial charge in [-0.3, -0.25) is 9.52 Å². The van der Waals surface area contributed by atoms with E-state index >= 15 is 0 Å². The van der Waals surface area contributed by atoms with Crippen LogP contribution in [0, 0.1) is 5.92 Å². The third-order valence-electron chi connectivity index (χ3n) is 6.86. The summed E-state index contributed by atoms with van der Waals surface area (Å²) in [6, 6.07) is 19.7. The summed E-state index contributed by atoms with van der Waals surface area (Å²) in [5.74, 6) is -0.562. The number of ether oxygens (including phenoxy) is 1. The number of likely N-dealkylation sites (N-methyl/N-ethyl adjacent to an activating group) is 1. The van der Waals surface area contributed by atoms with Crippen LogP contribution in [-0.2, 0) is 20.0 Å². The van der Waals surface area contributed by atoms with Gasteiger partial charge in [-0.05, 0) is 49.4 Å². The normalized spacial score (nSPS) is 18.8. The molecule has 3 aromatic rings. The number of hydrogen-bond acceptors (Lipinski definition) is 7. The minimum atomic E-state index is -3.92. The van der Waals surface area contributed by atoms with Crippen molar-refractivity contribution in [2.24, 2.45) is 5.92 Å². The second kappa shape index (κ2) is 12.0. The lowest BCUT2D eigenvalue weighted by atomic mass is 9.99. The van der Waals surface area contributed by atoms with Crippen LogP contribution < -0.4 is 9.46 Å². The number of benzene rings is 3. The first-order valence-corrected chi connectivity index (χ1v) is 15.7. The zero-order valence-electron chi connectivity index (χ0n) is 22.5. The number of carbonyl (C=O) groups excluding carboxylic acids is 1. The molecule has 0 saturated heterocycles. The van der Waals surface area contributed by atoms with Gasteiger partial charge in [0.1, 0.15) is 11.9 Å². The van der Waals surface area contributed by atoms with E-state index in [1.54, 1.807) is 43.3 Å². The summed E-state index contributed by atoms with van der Waals surface area (Å²) in [6.45, 7) is 3.45. The van der Waals surface area contributed by atoms with Gasteiger partial charge in [0.15, 0.2) is 0 Å². The first-order valence-electron chi connectivity index (χ1n) is 12.8. The van der Waals surface area contributed by atoms with Gasteiger partial charge in [-0.25, -0.2) is 16.8 Å². The van der Waals surface area contributed by atoms with E-state index in [1.807, 2.05) is 6.92 Å². The SMILES string of the molecule is C[C@H](CO)N1C[C@H](C)[C@H](CN(C)S(=O)(=O)c2ccccc2)Oc2ccc(NS(=O)(=O)c3ccccc3)cc2C1=O. The fourth-order valence-electron chi connectivity index (χ4n) is 4.44. The minimum Gasteiger partial charge on any atom is -0.488 e.